The molecule has 1 aromatic rings. The summed E-state index contributed by atoms with van der Waals surface area (Å²) in [4.78, 5) is 0. The zero-order chi connectivity index (χ0) is 9.64. The Morgan fingerprint density at radius 3 is 2.64 bits per heavy atom. The highest BCUT2D eigenvalue weighted by atomic mass is 14.1. The summed E-state index contributed by atoms with van der Waals surface area (Å²) in [5.41, 5.74) is 1.45. The number of hydrogen-bond acceptors (Lipinski definition) is 0. The summed E-state index contributed by atoms with van der Waals surface area (Å²) in [6.07, 6.45) is 12.6. The second kappa shape index (κ2) is 4.80. The van der Waals surface area contributed by atoms with Crippen molar-refractivity contribution in [2.75, 3.05) is 0 Å². The number of hydrogen-bond donors (Lipinski definition) is 0. The van der Waals surface area contributed by atoms with Crippen LogP contribution in [-0.2, 0) is 6.42 Å². The second-order valence-electron chi connectivity index (χ2n) is 3.83. The average Bonchev–Trinajstić information content (AvgIpc) is 2.29. The van der Waals surface area contributed by atoms with Gasteiger partial charge in [0.2, 0.25) is 0 Å². The van der Waals surface area contributed by atoms with Crippen LogP contribution in [-0.4, -0.2) is 0 Å². The quantitative estimate of drug-likeness (QED) is 0.671. The van der Waals surface area contributed by atoms with Crippen LogP contribution in [0, 0.1) is 5.92 Å². The molecule has 0 saturated heterocycles. The zero-order valence-electron chi connectivity index (χ0n) is 8.39. The fraction of sp³-hybridized carbons (Fsp3) is 0.286. The van der Waals surface area contributed by atoms with Crippen molar-refractivity contribution in [1.82, 2.24) is 0 Å². The average molecular weight is 184 g/mol. The van der Waals surface area contributed by atoms with Crippen molar-refractivity contribution in [3.8, 4) is 0 Å². The smallest absolute Gasteiger partial charge is 0.0193 e. The first-order chi connectivity index (χ1) is 6.95. The van der Waals surface area contributed by atoms with Crippen LogP contribution in [0.1, 0.15) is 18.4 Å². The Hall–Kier alpha value is -1.30. The Kier molecular flexibility index (Phi) is 3.18. The molecule has 1 aromatic carbocycles. The molecule has 1 aliphatic rings. The van der Waals surface area contributed by atoms with Gasteiger partial charge >= 0.3 is 0 Å². The van der Waals surface area contributed by atoms with Gasteiger partial charge in [-0.15, -0.1) is 0 Å². The summed E-state index contributed by atoms with van der Waals surface area (Å²) < 4.78 is 0. The molecule has 0 radical (unpaired) electrons. The number of allylic oxidation sites excluding steroid dienone is 4. The molecule has 1 unspecified atom stereocenters. The minimum Gasteiger partial charge on any atom is -0.0840 e. The van der Waals surface area contributed by atoms with Gasteiger partial charge in [0.1, 0.15) is 0 Å². The Morgan fingerprint density at radius 1 is 1.07 bits per heavy atom. The SMILES string of the molecule is C1=CCC(CCc2ccccc2)C=C1. The Bertz CT molecular complexity index is 319. The van der Waals surface area contributed by atoms with Crippen molar-refractivity contribution < 1.29 is 0 Å². The van der Waals surface area contributed by atoms with E-state index >= 15 is 0 Å². The van der Waals surface area contributed by atoms with Gasteiger partial charge in [-0.1, -0.05) is 54.6 Å². The summed E-state index contributed by atoms with van der Waals surface area (Å²) in [6.45, 7) is 0. The second-order valence-corrected chi connectivity index (χ2v) is 3.83. The van der Waals surface area contributed by atoms with Crippen LogP contribution in [0.3, 0.4) is 0 Å². The predicted molar refractivity (Wildman–Crippen MR) is 61.2 cm³/mol. The van der Waals surface area contributed by atoms with Crippen molar-refractivity contribution in [2.45, 2.75) is 19.3 Å². The van der Waals surface area contributed by atoms with Crippen LogP contribution in [0.25, 0.3) is 0 Å². The fourth-order valence-electron chi connectivity index (χ4n) is 1.84. The van der Waals surface area contributed by atoms with Gasteiger partial charge in [0.15, 0.2) is 0 Å². The van der Waals surface area contributed by atoms with Gasteiger partial charge < -0.3 is 0 Å². The zero-order valence-corrected chi connectivity index (χ0v) is 8.39. The topological polar surface area (TPSA) is 0 Å². The molecule has 0 fully saturated rings. The van der Waals surface area contributed by atoms with E-state index in [0.29, 0.717) is 0 Å². The molecular weight excluding hydrogens is 168 g/mol. The number of rotatable bonds is 3. The lowest BCUT2D eigenvalue weighted by molar-refractivity contribution is 0.594. The summed E-state index contributed by atoms with van der Waals surface area (Å²) in [7, 11) is 0. The molecule has 14 heavy (non-hydrogen) atoms. The number of aryl methyl sites for hydroxylation is 1. The van der Waals surface area contributed by atoms with Crippen LogP contribution >= 0.6 is 0 Å². The third-order valence-corrected chi connectivity index (χ3v) is 2.72. The van der Waals surface area contributed by atoms with Crippen molar-refractivity contribution in [2.24, 2.45) is 5.92 Å². The van der Waals surface area contributed by atoms with E-state index in [1.165, 1.54) is 24.8 Å². The number of benzene rings is 1. The molecular formula is C14H16. The van der Waals surface area contributed by atoms with Crippen LogP contribution in [0.5, 0.6) is 0 Å². The molecule has 0 saturated carbocycles. The molecule has 0 aliphatic heterocycles. The molecule has 1 atom stereocenters. The van der Waals surface area contributed by atoms with E-state index in [4.69, 9.17) is 0 Å². The van der Waals surface area contributed by atoms with E-state index < -0.39 is 0 Å². The molecule has 0 amide bonds. The molecule has 0 heteroatoms. The maximum atomic E-state index is 2.32. The van der Waals surface area contributed by atoms with Gasteiger partial charge in [-0.05, 0) is 30.7 Å². The summed E-state index contributed by atoms with van der Waals surface area (Å²) in [6, 6.07) is 10.7. The summed E-state index contributed by atoms with van der Waals surface area (Å²) in [5, 5.41) is 0. The molecule has 0 heterocycles. The lowest BCUT2D eigenvalue weighted by Crippen LogP contribution is -1.99. The Morgan fingerprint density at radius 2 is 1.93 bits per heavy atom. The Labute approximate surface area is 86.0 Å². The van der Waals surface area contributed by atoms with Crippen molar-refractivity contribution in [3.05, 3.63) is 60.2 Å². The van der Waals surface area contributed by atoms with E-state index in [9.17, 15) is 0 Å². The van der Waals surface area contributed by atoms with Gasteiger partial charge in [0.25, 0.3) is 0 Å². The van der Waals surface area contributed by atoms with Gasteiger partial charge in [-0.25, -0.2) is 0 Å². The monoisotopic (exact) mass is 184 g/mol. The van der Waals surface area contributed by atoms with Crippen LogP contribution in [0.15, 0.2) is 54.6 Å². The molecule has 72 valence electrons. The standard InChI is InChI=1S/C14H16/c1-3-7-13(8-4-1)11-12-14-9-5-2-6-10-14/h1-9,14H,10-12H2. The largest absolute Gasteiger partial charge is 0.0840 e. The van der Waals surface area contributed by atoms with E-state index in [2.05, 4.69) is 54.6 Å². The highest BCUT2D eigenvalue weighted by Crippen LogP contribution is 2.18. The molecule has 1 aliphatic carbocycles. The minimum atomic E-state index is 0.750. The lowest BCUT2D eigenvalue weighted by atomic mass is 9.94. The van der Waals surface area contributed by atoms with Crippen LogP contribution < -0.4 is 0 Å². The molecule has 0 N–H and O–H groups in total. The minimum absolute atomic E-state index is 0.750. The first-order valence-electron chi connectivity index (χ1n) is 5.32. The maximum Gasteiger partial charge on any atom is -0.0193 e. The van der Waals surface area contributed by atoms with Crippen LogP contribution in [0.2, 0.25) is 0 Å². The van der Waals surface area contributed by atoms with Gasteiger partial charge in [-0.3, -0.25) is 0 Å². The van der Waals surface area contributed by atoms with Crippen molar-refractivity contribution >= 4 is 0 Å². The Balaban J connectivity index is 1.83. The molecule has 0 aromatic heterocycles. The van der Waals surface area contributed by atoms with Crippen LogP contribution in [0.4, 0.5) is 0 Å². The highest BCUT2D eigenvalue weighted by Gasteiger charge is 2.04. The van der Waals surface area contributed by atoms with Crippen molar-refractivity contribution in [1.29, 1.82) is 0 Å². The molecule has 2 rings (SSSR count). The first-order valence-corrected chi connectivity index (χ1v) is 5.32. The lowest BCUT2D eigenvalue weighted by Gasteiger charge is -2.12. The maximum absolute atomic E-state index is 2.32. The highest BCUT2D eigenvalue weighted by molar-refractivity contribution is 5.16. The summed E-state index contributed by atoms with van der Waals surface area (Å²) >= 11 is 0. The normalized spacial score (nSPS) is 19.9. The van der Waals surface area contributed by atoms with Gasteiger partial charge in [0.05, 0.1) is 0 Å². The van der Waals surface area contributed by atoms with Gasteiger partial charge in [-0.2, -0.15) is 0 Å². The van der Waals surface area contributed by atoms with E-state index in [1.54, 1.807) is 0 Å². The third-order valence-electron chi connectivity index (χ3n) is 2.72. The summed E-state index contributed by atoms with van der Waals surface area (Å²) in [5.74, 6) is 0.750. The molecule has 0 nitrogen and oxygen atoms in total. The van der Waals surface area contributed by atoms with E-state index in [-0.39, 0.29) is 0 Å². The fourth-order valence-corrected chi connectivity index (χ4v) is 1.84. The van der Waals surface area contributed by atoms with E-state index in [0.717, 1.165) is 5.92 Å². The first kappa shape index (κ1) is 9.26. The van der Waals surface area contributed by atoms with Crippen molar-refractivity contribution in [3.63, 3.8) is 0 Å². The molecule has 0 spiro atoms. The molecule has 0 bridgehead atoms. The predicted octanol–water partition coefficient (Wildman–Crippen LogP) is 3.75. The van der Waals surface area contributed by atoms with E-state index in [1.807, 2.05) is 0 Å². The third kappa shape index (κ3) is 2.59. The van der Waals surface area contributed by atoms with Gasteiger partial charge in [0, 0.05) is 0 Å².